The number of aliphatic imine (C=N–C) groups is 1. The second-order valence-corrected chi connectivity index (χ2v) is 7.70. The summed E-state index contributed by atoms with van der Waals surface area (Å²) >= 11 is 0. The van der Waals surface area contributed by atoms with E-state index < -0.39 is 0 Å². The Bertz CT molecular complexity index is 1080. The van der Waals surface area contributed by atoms with Gasteiger partial charge in [0.15, 0.2) is 6.20 Å². The lowest BCUT2D eigenvalue weighted by molar-refractivity contribution is -0.612. The van der Waals surface area contributed by atoms with Gasteiger partial charge >= 0.3 is 5.88 Å². The van der Waals surface area contributed by atoms with Gasteiger partial charge in [-0.05, 0) is 24.6 Å². The van der Waals surface area contributed by atoms with Crippen molar-refractivity contribution in [3.8, 4) is 11.8 Å². The fourth-order valence-electron chi connectivity index (χ4n) is 3.52. The van der Waals surface area contributed by atoms with E-state index in [9.17, 15) is 5.21 Å². The van der Waals surface area contributed by atoms with Crippen molar-refractivity contribution < 1.29 is 18.9 Å². The number of anilines is 1. The van der Waals surface area contributed by atoms with Gasteiger partial charge in [-0.1, -0.05) is 29.8 Å². The second kappa shape index (κ2) is 11.3. The van der Waals surface area contributed by atoms with E-state index >= 15 is 0 Å². The molecule has 0 N–H and O–H groups in total. The minimum Gasteiger partial charge on any atom is -0.616 e. The monoisotopic (exact) mass is 448 g/mol. The molecule has 4 rings (SSSR count). The Labute approximate surface area is 193 Å². The van der Waals surface area contributed by atoms with Crippen molar-refractivity contribution in [2.75, 3.05) is 44.4 Å². The topological polar surface area (TPSA) is 83.1 Å². The zero-order valence-corrected chi connectivity index (χ0v) is 18.7. The number of pyridine rings is 2. The molecule has 33 heavy (non-hydrogen) atoms. The van der Waals surface area contributed by atoms with E-state index in [1.165, 1.54) is 11.8 Å². The molecule has 3 heterocycles. The van der Waals surface area contributed by atoms with Gasteiger partial charge in [-0.3, -0.25) is 4.99 Å². The van der Waals surface area contributed by atoms with Crippen LogP contribution in [-0.2, 0) is 11.3 Å². The third kappa shape index (κ3) is 6.66. The standard InChI is InChI=1S/C25H28N4O4/c1-20-5-4-6-21(15-20)18-26-19-22-16-23(28-9-11-31-12-10-28)17-24(27-22)32-13-14-33-25-7-2-3-8-29(25)30/h2-8,15-18H,9-14,19H2,1H3. The van der Waals surface area contributed by atoms with E-state index in [0.717, 1.165) is 30.0 Å². The molecular formula is C25H28N4O4. The fourth-order valence-corrected chi connectivity index (χ4v) is 3.52. The normalized spacial score (nSPS) is 13.9. The average Bonchev–Trinajstić information content (AvgIpc) is 2.83. The molecule has 8 nitrogen and oxygen atoms in total. The van der Waals surface area contributed by atoms with Crippen LogP contribution in [0.3, 0.4) is 0 Å². The Morgan fingerprint density at radius 1 is 1.09 bits per heavy atom. The molecule has 3 aromatic rings. The summed E-state index contributed by atoms with van der Waals surface area (Å²) in [7, 11) is 0. The van der Waals surface area contributed by atoms with E-state index in [1.807, 2.05) is 30.5 Å². The van der Waals surface area contributed by atoms with Gasteiger partial charge in [0.05, 0.1) is 31.5 Å². The molecule has 0 bridgehead atoms. The van der Waals surface area contributed by atoms with Gasteiger partial charge < -0.3 is 24.3 Å². The summed E-state index contributed by atoms with van der Waals surface area (Å²) in [5.74, 6) is 0.744. The Hall–Kier alpha value is -3.65. The minimum atomic E-state index is 0.233. The number of benzene rings is 1. The summed E-state index contributed by atoms with van der Waals surface area (Å²) in [6.07, 6.45) is 3.26. The van der Waals surface area contributed by atoms with Crippen molar-refractivity contribution in [1.29, 1.82) is 0 Å². The molecule has 0 amide bonds. The van der Waals surface area contributed by atoms with E-state index in [-0.39, 0.29) is 19.1 Å². The first kappa shape index (κ1) is 22.5. The maximum atomic E-state index is 11.7. The van der Waals surface area contributed by atoms with Crippen LogP contribution in [0.2, 0.25) is 0 Å². The highest BCUT2D eigenvalue weighted by Crippen LogP contribution is 2.23. The number of nitrogens with zero attached hydrogens (tertiary/aromatic N) is 4. The lowest BCUT2D eigenvalue weighted by Crippen LogP contribution is -2.36. The molecule has 1 aromatic carbocycles. The summed E-state index contributed by atoms with van der Waals surface area (Å²) in [5, 5.41) is 11.7. The largest absolute Gasteiger partial charge is 0.616 e. The van der Waals surface area contributed by atoms with Crippen LogP contribution in [0.5, 0.6) is 11.8 Å². The number of aromatic nitrogens is 2. The van der Waals surface area contributed by atoms with Gasteiger partial charge in [0.2, 0.25) is 5.88 Å². The van der Waals surface area contributed by atoms with Gasteiger partial charge in [0, 0.05) is 37.1 Å². The molecule has 172 valence electrons. The third-order valence-corrected chi connectivity index (χ3v) is 5.12. The van der Waals surface area contributed by atoms with Crippen LogP contribution in [0.1, 0.15) is 16.8 Å². The first-order valence-corrected chi connectivity index (χ1v) is 11.0. The number of hydrogen-bond acceptors (Lipinski definition) is 7. The van der Waals surface area contributed by atoms with Crippen molar-refractivity contribution in [3.05, 3.63) is 82.8 Å². The van der Waals surface area contributed by atoms with Crippen molar-refractivity contribution in [2.45, 2.75) is 13.5 Å². The van der Waals surface area contributed by atoms with Crippen LogP contribution in [0.15, 0.2) is 65.8 Å². The zero-order chi connectivity index (χ0) is 22.9. The van der Waals surface area contributed by atoms with Gasteiger partial charge in [0.1, 0.15) is 13.2 Å². The van der Waals surface area contributed by atoms with Gasteiger partial charge in [-0.15, -0.1) is 4.73 Å². The van der Waals surface area contributed by atoms with Crippen LogP contribution >= 0.6 is 0 Å². The van der Waals surface area contributed by atoms with E-state index in [2.05, 4.69) is 33.9 Å². The molecule has 0 spiro atoms. The Morgan fingerprint density at radius 2 is 1.94 bits per heavy atom. The number of morpholine rings is 1. The highest BCUT2D eigenvalue weighted by Gasteiger charge is 2.14. The summed E-state index contributed by atoms with van der Waals surface area (Å²) in [4.78, 5) is 11.5. The molecule has 0 radical (unpaired) electrons. The molecule has 0 unspecified atom stereocenters. The van der Waals surface area contributed by atoms with Gasteiger partial charge in [-0.25, -0.2) is 4.98 Å². The van der Waals surface area contributed by atoms with Crippen molar-refractivity contribution in [3.63, 3.8) is 0 Å². The molecule has 0 saturated carbocycles. The predicted molar refractivity (Wildman–Crippen MR) is 126 cm³/mol. The first-order valence-electron chi connectivity index (χ1n) is 11.0. The summed E-state index contributed by atoms with van der Waals surface area (Å²) < 4.78 is 17.5. The predicted octanol–water partition coefficient (Wildman–Crippen LogP) is 2.94. The highest BCUT2D eigenvalue weighted by molar-refractivity contribution is 5.79. The average molecular weight is 449 g/mol. The molecule has 1 aliphatic rings. The Morgan fingerprint density at radius 3 is 2.76 bits per heavy atom. The second-order valence-electron chi connectivity index (χ2n) is 7.70. The number of hydrogen-bond donors (Lipinski definition) is 0. The molecule has 1 aliphatic heterocycles. The number of aryl methyl sites for hydroxylation is 1. The van der Waals surface area contributed by atoms with E-state index in [4.69, 9.17) is 14.2 Å². The SMILES string of the molecule is Cc1cccc(C=NCc2cc(N3CCOCC3)cc(OCCOc3cccc[n+]3[O-])n2)c1. The molecule has 1 saturated heterocycles. The first-order chi connectivity index (χ1) is 16.2. The summed E-state index contributed by atoms with van der Waals surface area (Å²) in [6, 6.07) is 17.2. The van der Waals surface area contributed by atoms with Crippen molar-refractivity contribution >= 4 is 11.9 Å². The molecule has 8 heteroatoms. The third-order valence-electron chi connectivity index (χ3n) is 5.12. The Balaban J connectivity index is 1.42. The fraction of sp³-hybridized carbons (Fsp3) is 0.320. The zero-order valence-electron chi connectivity index (χ0n) is 18.7. The number of rotatable bonds is 9. The van der Waals surface area contributed by atoms with Gasteiger partial charge in [0.25, 0.3) is 0 Å². The van der Waals surface area contributed by atoms with Crippen LogP contribution in [-0.4, -0.2) is 50.7 Å². The van der Waals surface area contributed by atoms with Crippen molar-refractivity contribution in [1.82, 2.24) is 4.98 Å². The van der Waals surface area contributed by atoms with Crippen LogP contribution in [0.25, 0.3) is 0 Å². The van der Waals surface area contributed by atoms with E-state index in [1.54, 1.807) is 18.2 Å². The highest BCUT2D eigenvalue weighted by atomic mass is 16.6. The minimum absolute atomic E-state index is 0.233. The van der Waals surface area contributed by atoms with Crippen molar-refractivity contribution in [2.24, 2.45) is 4.99 Å². The molecular weight excluding hydrogens is 420 g/mol. The Kier molecular flexibility index (Phi) is 7.71. The molecule has 0 aliphatic carbocycles. The lowest BCUT2D eigenvalue weighted by atomic mass is 10.1. The molecule has 0 atom stereocenters. The molecule has 1 fully saturated rings. The van der Waals surface area contributed by atoms with Crippen LogP contribution < -0.4 is 19.1 Å². The smallest absolute Gasteiger partial charge is 0.379 e. The summed E-state index contributed by atoms with van der Waals surface area (Å²) in [6.45, 7) is 6.02. The van der Waals surface area contributed by atoms with E-state index in [0.29, 0.717) is 30.4 Å². The quantitative estimate of drug-likeness (QED) is 0.217. The van der Waals surface area contributed by atoms with Crippen LogP contribution in [0.4, 0.5) is 5.69 Å². The maximum absolute atomic E-state index is 11.7. The number of ether oxygens (including phenoxy) is 3. The maximum Gasteiger partial charge on any atom is 0.379 e. The van der Waals surface area contributed by atoms with Crippen LogP contribution in [0, 0.1) is 12.1 Å². The van der Waals surface area contributed by atoms with Gasteiger partial charge in [-0.2, -0.15) is 0 Å². The lowest BCUT2D eigenvalue weighted by Gasteiger charge is -2.29. The summed E-state index contributed by atoms with van der Waals surface area (Å²) in [5.41, 5.74) is 4.11. The molecule has 2 aromatic heterocycles.